The van der Waals surface area contributed by atoms with Crippen molar-refractivity contribution in [3.8, 4) is 0 Å². The van der Waals surface area contributed by atoms with E-state index in [0.717, 1.165) is 64.5 Å². The third-order valence-corrected chi connectivity index (χ3v) is 11.8. The first-order valence-electron chi connectivity index (χ1n) is 12.0. The van der Waals surface area contributed by atoms with Gasteiger partial charge in [0.05, 0.1) is 21.4 Å². The van der Waals surface area contributed by atoms with E-state index in [4.69, 9.17) is 34.6 Å². The zero-order valence-corrected chi connectivity index (χ0v) is 26.7. The molecule has 2 saturated heterocycles. The van der Waals surface area contributed by atoms with E-state index < -0.39 is 25.0 Å². The molecule has 2 aromatic carbocycles. The minimum absolute atomic E-state index is 0.287. The predicted octanol–water partition coefficient (Wildman–Crippen LogP) is 4.69. The Balaban J connectivity index is 0.000000168. The highest BCUT2D eigenvalue weighted by Gasteiger charge is 2.40. The maximum absolute atomic E-state index is 12.4. The molecule has 10 nitrogen and oxygen atoms in total. The molecule has 0 unspecified atom stereocenters. The molecular weight excluding hydrogens is 657 g/mol. The van der Waals surface area contributed by atoms with Crippen LogP contribution in [0.5, 0.6) is 0 Å². The third-order valence-electron chi connectivity index (χ3n) is 6.15. The Morgan fingerprint density at radius 3 is 1.36 bits per heavy atom. The number of aliphatic carboxylic acids is 2. The molecular formula is C26H20N4O6S6. The van der Waals surface area contributed by atoms with Crippen LogP contribution in [0.4, 0.5) is 11.4 Å². The van der Waals surface area contributed by atoms with Crippen LogP contribution >= 0.6 is 71.5 Å². The number of anilines is 2. The van der Waals surface area contributed by atoms with Gasteiger partial charge in [0.25, 0.3) is 11.8 Å². The summed E-state index contributed by atoms with van der Waals surface area (Å²) in [6.07, 6.45) is 0. The van der Waals surface area contributed by atoms with Crippen LogP contribution in [0, 0.1) is 0 Å². The quantitative estimate of drug-likeness (QED) is 0.344. The van der Waals surface area contributed by atoms with Gasteiger partial charge in [-0.15, -0.1) is 0 Å². The largest absolute Gasteiger partial charge is 0.480 e. The lowest BCUT2D eigenvalue weighted by Gasteiger charge is -2.15. The molecule has 0 saturated carbocycles. The highest BCUT2D eigenvalue weighted by Crippen LogP contribution is 2.51. The number of hydrogen-bond acceptors (Lipinski definition) is 12. The molecule has 4 heterocycles. The van der Waals surface area contributed by atoms with Gasteiger partial charge in [0, 0.05) is 23.9 Å². The first-order valence-corrected chi connectivity index (χ1v) is 16.1. The molecule has 16 heteroatoms. The number of para-hydroxylation sites is 2. The number of carboxylic acid groups (broad SMARTS) is 2. The maximum Gasteiger partial charge on any atom is 0.323 e. The van der Waals surface area contributed by atoms with Crippen molar-refractivity contribution in [3.05, 3.63) is 68.4 Å². The molecule has 4 aliphatic heterocycles. The summed E-state index contributed by atoms with van der Waals surface area (Å²) >= 11 is 15.5. The van der Waals surface area contributed by atoms with Crippen molar-refractivity contribution in [2.75, 3.05) is 37.0 Å². The van der Waals surface area contributed by atoms with Gasteiger partial charge in [0.1, 0.15) is 31.5 Å². The van der Waals surface area contributed by atoms with Crippen molar-refractivity contribution in [1.82, 2.24) is 9.80 Å². The average Bonchev–Trinajstić information content (AvgIpc) is 3.63. The fourth-order valence-electron chi connectivity index (χ4n) is 4.20. The van der Waals surface area contributed by atoms with Gasteiger partial charge >= 0.3 is 11.9 Å². The monoisotopic (exact) mass is 676 g/mol. The molecule has 2 amide bonds. The van der Waals surface area contributed by atoms with Crippen molar-refractivity contribution in [2.24, 2.45) is 0 Å². The molecule has 0 spiro atoms. The summed E-state index contributed by atoms with van der Waals surface area (Å²) in [5.41, 5.74) is 2.06. The van der Waals surface area contributed by atoms with Gasteiger partial charge in [-0.25, -0.2) is 0 Å². The van der Waals surface area contributed by atoms with E-state index >= 15 is 0 Å². The second-order valence-electron chi connectivity index (χ2n) is 8.83. The number of nitrogens with zero attached hydrogens (tertiary/aromatic N) is 4. The first kappa shape index (κ1) is 30.4. The average molecular weight is 677 g/mol. The SMILES string of the molecule is CN1/C(=C2\SC(=S)N(CC(=O)O)C2=O)Sc2ccccc21.CN1/C(=C2\SC(=S)N(CC(=O)O)C2=O)Sc2ccccc21. The van der Waals surface area contributed by atoms with Crippen LogP contribution < -0.4 is 9.80 Å². The Morgan fingerprint density at radius 2 is 1.02 bits per heavy atom. The number of carbonyl (C=O) groups excluding carboxylic acids is 2. The standard InChI is InChI=1S/2C13H10N2O3S3/c2*1-14-7-4-2-3-5-8(7)20-12(14)10-11(18)15(6-9(16)17)13(19)21-10/h2*2-5H,6H2,1H3,(H,16,17)/b2*12-10+. The van der Waals surface area contributed by atoms with E-state index in [1.54, 1.807) is 0 Å². The number of thiocarbonyl (C=S) groups is 2. The third kappa shape index (κ3) is 5.78. The summed E-state index contributed by atoms with van der Waals surface area (Å²) in [4.78, 5) is 55.7. The van der Waals surface area contributed by atoms with E-state index in [1.807, 2.05) is 72.4 Å². The van der Waals surface area contributed by atoms with E-state index in [-0.39, 0.29) is 20.5 Å². The van der Waals surface area contributed by atoms with Crippen LogP contribution in [0.25, 0.3) is 0 Å². The molecule has 2 aromatic rings. The Kier molecular flexibility index (Phi) is 8.91. The number of thioether (sulfide) groups is 4. The predicted molar refractivity (Wildman–Crippen MR) is 175 cm³/mol. The van der Waals surface area contributed by atoms with Gasteiger partial charge in [-0.3, -0.25) is 29.0 Å². The van der Waals surface area contributed by atoms with Crippen LogP contribution in [0.1, 0.15) is 0 Å². The Bertz CT molecular complexity index is 1520. The van der Waals surface area contributed by atoms with E-state index in [1.165, 1.54) is 23.5 Å². The lowest BCUT2D eigenvalue weighted by atomic mass is 10.3. The van der Waals surface area contributed by atoms with Gasteiger partial charge in [-0.2, -0.15) is 0 Å². The van der Waals surface area contributed by atoms with Crippen molar-refractivity contribution < 1.29 is 29.4 Å². The number of rotatable bonds is 4. The smallest absolute Gasteiger partial charge is 0.323 e. The normalized spacial score (nSPS) is 21.2. The first-order chi connectivity index (χ1) is 20.0. The topological polar surface area (TPSA) is 122 Å². The number of hydrogen-bond donors (Lipinski definition) is 2. The zero-order valence-electron chi connectivity index (χ0n) is 21.8. The van der Waals surface area contributed by atoms with Crippen LogP contribution in [0.3, 0.4) is 0 Å². The molecule has 0 radical (unpaired) electrons. The number of carboxylic acids is 2. The van der Waals surface area contributed by atoms with Gasteiger partial charge in [-0.1, -0.05) is 95.7 Å². The van der Waals surface area contributed by atoms with E-state index in [0.29, 0.717) is 9.81 Å². The van der Waals surface area contributed by atoms with Crippen molar-refractivity contribution in [1.29, 1.82) is 0 Å². The maximum atomic E-state index is 12.4. The fraction of sp³-hybridized carbons (Fsp3) is 0.154. The highest BCUT2D eigenvalue weighted by molar-refractivity contribution is 8.27. The summed E-state index contributed by atoms with van der Waals surface area (Å²) < 4.78 is 0.574. The summed E-state index contributed by atoms with van der Waals surface area (Å²) in [5.74, 6) is -2.83. The second kappa shape index (κ2) is 12.3. The summed E-state index contributed by atoms with van der Waals surface area (Å²) in [7, 11) is 3.77. The lowest BCUT2D eigenvalue weighted by Crippen LogP contribution is -2.33. The Morgan fingerprint density at radius 1 is 0.667 bits per heavy atom. The number of fused-ring (bicyclic) bond motifs is 2. The number of amides is 2. The van der Waals surface area contributed by atoms with Crippen LogP contribution in [-0.2, 0) is 19.2 Å². The second-order valence-corrected chi connectivity index (χ2v) is 14.2. The molecule has 6 rings (SSSR count). The van der Waals surface area contributed by atoms with Gasteiger partial charge in [0.15, 0.2) is 0 Å². The van der Waals surface area contributed by atoms with Crippen molar-refractivity contribution >= 4 is 115 Å². The van der Waals surface area contributed by atoms with Crippen LogP contribution in [-0.4, -0.2) is 79.6 Å². The molecule has 4 aliphatic rings. The molecule has 0 aliphatic carbocycles. The summed E-state index contributed by atoms with van der Waals surface area (Å²) in [5, 5.41) is 19.3. The molecule has 2 N–H and O–H groups in total. The zero-order chi connectivity index (χ0) is 30.3. The minimum atomic E-state index is -1.08. The van der Waals surface area contributed by atoms with Crippen LogP contribution in [0.2, 0.25) is 0 Å². The molecule has 0 aromatic heterocycles. The molecule has 216 valence electrons. The molecule has 0 atom stereocenters. The van der Waals surface area contributed by atoms with Crippen LogP contribution in [0.15, 0.2) is 78.2 Å². The van der Waals surface area contributed by atoms with E-state index in [9.17, 15) is 19.2 Å². The highest BCUT2D eigenvalue weighted by atomic mass is 32.2. The number of carbonyl (C=O) groups is 4. The minimum Gasteiger partial charge on any atom is -0.480 e. The Hall–Kier alpha value is -3.02. The van der Waals surface area contributed by atoms with E-state index in [2.05, 4.69) is 0 Å². The summed E-state index contributed by atoms with van der Waals surface area (Å²) in [6, 6.07) is 15.7. The van der Waals surface area contributed by atoms with Crippen molar-refractivity contribution in [3.63, 3.8) is 0 Å². The van der Waals surface area contributed by atoms with Gasteiger partial charge in [0.2, 0.25) is 0 Å². The fourth-order valence-corrected chi connectivity index (χ4v) is 9.36. The van der Waals surface area contributed by atoms with Gasteiger partial charge < -0.3 is 20.0 Å². The van der Waals surface area contributed by atoms with Gasteiger partial charge in [-0.05, 0) is 24.3 Å². The van der Waals surface area contributed by atoms with Crippen molar-refractivity contribution in [2.45, 2.75) is 9.79 Å². The molecule has 0 bridgehead atoms. The Labute approximate surface area is 268 Å². The molecule has 2 fully saturated rings. The number of benzene rings is 2. The summed E-state index contributed by atoms with van der Waals surface area (Å²) in [6.45, 7) is -0.800. The molecule has 42 heavy (non-hydrogen) atoms. The lowest BCUT2D eigenvalue weighted by molar-refractivity contribution is -0.140.